The van der Waals surface area contributed by atoms with E-state index in [1.807, 2.05) is 18.2 Å². The zero-order valence-corrected chi connectivity index (χ0v) is 10.3. The van der Waals surface area contributed by atoms with Gasteiger partial charge in [0.05, 0.1) is 0 Å². The molecule has 0 fully saturated rings. The number of ether oxygens (including phenoxy) is 1. The van der Waals surface area contributed by atoms with Gasteiger partial charge in [-0.1, -0.05) is 45.4 Å². The predicted molar refractivity (Wildman–Crippen MR) is 65.4 cm³/mol. The maximum atomic E-state index is 11.6. The Morgan fingerprint density at radius 2 is 1.88 bits per heavy atom. The summed E-state index contributed by atoms with van der Waals surface area (Å²) in [6, 6.07) is 9.21. The molecule has 2 nitrogen and oxygen atoms in total. The van der Waals surface area contributed by atoms with E-state index in [0.717, 1.165) is 12.8 Å². The smallest absolute Gasteiger partial charge is 0.311 e. The van der Waals surface area contributed by atoms with Crippen LogP contribution in [0.15, 0.2) is 30.3 Å². The van der Waals surface area contributed by atoms with E-state index in [-0.39, 0.29) is 11.4 Å². The molecular weight excluding hydrogens is 200 g/mol. The molecule has 1 rings (SSSR count). The zero-order valence-electron chi connectivity index (χ0n) is 10.3. The fraction of sp³-hybridized carbons (Fsp3) is 0.500. The molecule has 1 aromatic rings. The third kappa shape index (κ3) is 4.47. The number of hydrogen-bond donors (Lipinski definition) is 0. The molecule has 0 unspecified atom stereocenters. The Balaban J connectivity index is 2.38. The van der Waals surface area contributed by atoms with Crippen molar-refractivity contribution in [3.8, 4) is 5.75 Å². The van der Waals surface area contributed by atoms with Crippen LogP contribution < -0.4 is 4.74 Å². The van der Waals surface area contributed by atoms with E-state index in [0.29, 0.717) is 12.2 Å². The number of benzene rings is 1. The summed E-state index contributed by atoms with van der Waals surface area (Å²) < 4.78 is 5.22. The molecule has 0 atom stereocenters. The van der Waals surface area contributed by atoms with Crippen LogP contribution in [0.5, 0.6) is 5.75 Å². The van der Waals surface area contributed by atoms with Gasteiger partial charge >= 0.3 is 5.97 Å². The summed E-state index contributed by atoms with van der Waals surface area (Å²) in [6.07, 6.45) is 2.43. The highest BCUT2D eigenvalue weighted by molar-refractivity contribution is 5.72. The minimum atomic E-state index is -0.146. The highest BCUT2D eigenvalue weighted by Gasteiger charge is 2.17. The Hall–Kier alpha value is -1.31. The van der Waals surface area contributed by atoms with Gasteiger partial charge in [-0.25, -0.2) is 0 Å². The molecule has 0 radical (unpaired) electrons. The average molecular weight is 220 g/mol. The van der Waals surface area contributed by atoms with Crippen LogP contribution in [0.3, 0.4) is 0 Å². The Morgan fingerprint density at radius 1 is 1.25 bits per heavy atom. The number of hydrogen-bond acceptors (Lipinski definition) is 2. The lowest BCUT2D eigenvalue weighted by Crippen LogP contribution is -2.15. The number of rotatable bonds is 5. The molecule has 0 aliphatic rings. The molecular formula is C14H20O2. The van der Waals surface area contributed by atoms with Gasteiger partial charge < -0.3 is 4.74 Å². The first-order chi connectivity index (χ1) is 7.53. The molecule has 16 heavy (non-hydrogen) atoms. The van der Waals surface area contributed by atoms with Crippen LogP contribution in [0.25, 0.3) is 0 Å². The van der Waals surface area contributed by atoms with E-state index in [1.165, 1.54) is 0 Å². The quantitative estimate of drug-likeness (QED) is 0.557. The molecule has 0 aliphatic carbocycles. The molecule has 0 saturated carbocycles. The summed E-state index contributed by atoms with van der Waals surface area (Å²) in [4.78, 5) is 11.6. The van der Waals surface area contributed by atoms with Crippen molar-refractivity contribution in [1.82, 2.24) is 0 Å². The molecule has 0 spiro atoms. The van der Waals surface area contributed by atoms with Crippen LogP contribution >= 0.6 is 0 Å². The largest absolute Gasteiger partial charge is 0.427 e. The van der Waals surface area contributed by atoms with Crippen molar-refractivity contribution in [3.05, 3.63) is 30.3 Å². The Bertz CT molecular complexity index is 328. The lowest BCUT2D eigenvalue weighted by molar-refractivity contribution is -0.135. The first-order valence-electron chi connectivity index (χ1n) is 5.79. The van der Waals surface area contributed by atoms with E-state index in [4.69, 9.17) is 4.74 Å². The van der Waals surface area contributed by atoms with E-state index >= 15 is 0 Å². The van der Waals surface area contributed by atoms with Crippen molar-refractivity contribution in [3.63, 3.8) is 0 Å². The van der Waals surface area contributed by atoms with Crippen LogP contribution in [0.4, 0.5) is 0 Å². The van der Waals surface area contributed by atoms with E-state index < -0.39 is 0 Å². The summed E-state index contributed by atoms with van der Waals surface area (Å²) in [5, 5.41) is 0. The van der Waals surface area contributed by atoms with Gasteiger partial charge in [0.1, 0.15) is 5.75 Å². The summed E-state index contributed by atoms with van der Waals surface area (Å²) in [5.41, 5.74) is 0.218. The molecule has 0 aromatic heterocycles. The van der Waals surface area contributed by atoms with Gasteiger partial charge in [0, 0.05) is 6.42 Å². The molecule has 0 N–H and O–H groups in total. The maximum Gasteiger partial charge on any atom is 0.311 e. The monoisotopic (exact) mass is 220 g/mol. The molecule has 0 amide bonds. The fourth-order valence-electron chi connectivity index (χ4n) is 1.29. The SMILES string of the molecule is CCC(C)(C)CCC(=O)Oc1ccccc1. The molecule has 0 heterocycles. The first-order valence-corrected chi connectivity index (χ1v) is 5.79. The maximum absolute atomic E-state index is 11.6. The third-order valence-corrected chi connectivity index (χ3v) is 2.94. The van der Waals surface area contributed by atoms with Crippen LogP contribution in [0.1, 0.15) is 40.0 Å². The van der Waals surface area contributed by atoms with Crippen molar-refractivity contribution in [2.75, 3.05) is 0 Å². The van der Waals surface area contributed by atoms with Crippen molar-refractivity contribution in [2.45, 2.75) is 40.0 Å². The van der Waals surface area contributed by atoms with E-state index in [9.17, 15) is 4.79 Å². The number of carbonyl (C=O) groups excluding carboxylic acids is 1. The van der Waals surface area contributed by atoms with Crippen LogP contribution in [-0.4, -0.2) is 5.97 Å². The number of carbonyl (C=O) groups is 1. The molecule has 2 heteroatoms. The standard InChI is InChI=1S/C14H20O2/c1-4-14(2,3)11-10-13(15)16-12-8-6-5-7-9-12/h5-9H,4,10-11H2,1-3H3. The minimum Gasteiger partial charge on any atom is -0.427 e. The lowest BCUT2D eigenvalue weighted by Gasteiger charge is -2.21. The number of para-hydroxylation sites is 1. The van der Waals surface area contributed by atoms with Gasteiger partial charge in [0.25, 0.3) is 0 Å². The summed E-state index contributed by atoms with van der Waals surface area (Å²) in [6.45, 7) is 6.48. The second kappa shape index (κ2) is 5.69. The summed E-state index contributed by atoms with van der Waals surface area (Å²) in [5.74, 6) is 0.481. The van der Waals surface area contributed by atoms with Crippen molar-refractivity contribution in [2.24, 2.45) is 5.41 Å². The van der Waals surface area contributed by atoms with Crippen molar-refractivity contribution < 1.29 is 9.53 Å². The van der Waals surface area contributed by atoms with Gasteiger partial charge in [0.15, 0.2) is 0 Å². The van der Waals surface area contributed by atoms with E-state index in [2.05, 4.69) is 20.8 Å². The summed E-state index contributed by atoms with van der Waals surface area (Å²) in [7, 11) is 0. The topological polar surface area (TPSA) is 26.3 Å². The summed E-state index contributed by atoms with van der Waals surface area (Å²) >= 11 is 0. The van der Waals surface area contributed by atoms with Gasteiger partial charge in [0.2, 0.25) is 0 Å². The van der Waals surface area contributed by atoms with Gasteiger partial charge in [-0.3, -0.25) is 4.79 Å². The van der Waals surface area contributed by atoms with Crippen molar-refractivity contribution in [1.29, 1.82) is 0 Å². The van der Waals surface area contributed by atoms with Crippen molar-refractivity contribution >= 4 is 5.97 Å². The molecule has 0 bridgehead atoms. The fourth-order valence-corrected chi connectivity index (χ4v) is 1.29. The second-order valence-electron chi connectivity index (χ2n) is 4.80. The average Bonchev–Trinajstić information content (AvgIpc) is 2.28. The normalized spacial score (nSPS) is 11.2. The minimum absolute atomic E-state index is 0.146. The lowest BCUT2D eigenvalue weighted by atomic mass is 9.85. The Labute approximate surface area is 97.6 Å². The molecule has 88 valence electrons. The van der Waals surface area contributed by atoms with Crippen LogP contribution in [0, 0.1) is 5.41 Å². The predicted octanol–water partition coefficient (Wildman–Crippen LogP) is 3.81. The van der Waals surface area contributed by atoms with Crippen LogP contribution in [0.2, 0.25) is 0 Å². The van der Waals surface area contributed by atoms with Crippen LogP contribution in [-0.2, 0) is 4.79 Å². The van der Waals surface area contributed by atoms with Gasteiger partial charge in [-0.15, -0.1) is 0 Å². The molecule has 0 aliphatic heterocycles. The highest BCUT2D eigenvalue weighted by Crippen LogP contribution is 2.26. The third-order valence-electron chi connectivity index (χ3n) is 2.94. The second-order valence-corrected chi connectivity index (χ2v) is 4.80. The Morgan fingerprint density at radius 3 is 2.44 bits per heavy atom. The van der Waals surface area contributed by atoms with Gasteiger partial charge in [-0.05, 0) is 24.0 Å². The molecule has 1 aromatic carbocycles. The number of esters is 1. The Kier molecular flexibility index (Phi) is 4.53. The highest BCUT2D eigenvalue weighted by atomic mass is 16.5. The van der Waals surface area contributed by atoms with Gasteiger partial charge in [-0.2, -0.15) is 0 Å². The first kappa shape index (κ1) is 12.8. The zero-order chi connectivity index (χ0) is 12.0. The van der Waals surface area contributed by atoms with E-state index in [1.54, 1.807) is 12.1 Å². The molecule has 0 saturated heterocycles.